The summed E-state index contributed by atoms with van der Waals surface area (Å²) in [4.78, 5) is 15.9. The lowest BCUT2D eigenvalue weighted by atomic mass is 10.1. The van der Waals surface area contributed by atoms with Gasteiger partial charge >= 0.3 is 10.1 Å². The number of rotatable bonds is 10. The van der Waals surface area contributed by atoms with Crippen molar-refractivity contribution >= 4 is 43.1 Å². The quantitative estimate of drug-likeness (QED) is 0.333. The molecule has 2 aromatic carbocycles. The number of aromatic nitrogens is 1. The van der Waals surface area contributed by atoms with E-state index in [4.69, 9.17) is 4.18 Å². The molecule has 0 spiro atoms. The molecule has 32 heavy (non-hydrogen) atoms. The standard InChI is InChI=1S/C23H26N2O5S2/c1-4-17(26)6-5-7-22-25-20-13-10-18(14-21(20)31-22)30-32(28,29)19-11-8-16(9-12-19)24-15-23(2,3)27/h5-6,8-14,24,27H,4,7,15H2,1-3H3/b6-5+. The van der Waals surface area contributed by atoms with E-state index < -0.39 is 15.7 Å². The van der Waals surface area contributed by atoms with Gasteiger partial charge in [0.2, 0.25) is 0 Å². The number of ketones is 1. The molecule has 0 saturated carbocycles. The summed E-state index contributed by atoms with van der Waals surface area (Å²) in [6, 6.07) is 11.1. The van der Waals surface area contributed by atoms with Crippen LogP contribution in [0, 0.1) is 0 Å². The van der Waals surface area contributed by atoms with Gasteiger partial charge in [-0.3, -0.25) is 4.79 Å². The molecule has 1 heterocycles. The number of fused-ring (bicyclic) bond motifs is 1. The van der Waals surface area contributed by atoms with Crippen LogP contribution in [0.4, 0.5) is 5.69 Å². The number of aliphatic hydroxyl groups is 1. The molecule has 1 aromatic heterocycles. The van der Waals surface area contributed by atoms with Crippen molar-refractivity contribution in [3.63, 3.8) is 0 Å². The van der Waals surface area contributed by atoms with E-state index in [0.29, 0.717) is 25.1 Å². The summed E-state index contributed by atoms with van der Waals surface area (Å²) in [5, 5.41) is 13.7. The van der Waals surface area contributed by atoms with Crippen LogP contribution in [0.2, 0.25) is 0 Å². The number of carbonyl (C=O) groups is 1. The average molecular weight is 475 g/mol. The van der Waals surface area contributed by atoms with Crippen molar-refractivity contribution in [2.75, 3.05) is 11.9 Å². The third kappa shape index (κ3) is 6.62. The average Bonchev–Trinajstić information content (AvgIpc) is 3.13. The molecule has 0 aliphatic heterocycles. The summed E-state index contributed by atoms with van der Waals surface area (Å²) in [6.45, 7) is 5.50. The van der Waals surface area contributed by atoms with Crippen LogP contribution >= 0.6 is 11.3 Å². The monoisotopic (exact) mass is 474 g/mol. The van der Waals surface area contributed by atoms with Crippen molar-refractivity contribution in [3.8, 4) is 5.75 Å². The first-order valence-electron chi connectivity index (χ1n) is 10.2. The molecule has 0 radical (unpaired) electrons. The Hall–Kier alpha value is -2.75. The van der Waals surface area contributed by atoms with Crippen LogP contribution in [-0.4, -0.2) is 36.4 Å². The number of carbonyl (C=O) groups excluding carboxylic acids is 1. The van der Waals surface area contributed by atoms with Crippen molar-refractivity contribution in [1.29, 1.82) is 0 Å². The fraction of sp³-hybridized carbons (Fsp3) is 0.304. The zero-order valence-electron chi connectivity index (χ0n) is 18.2. The third-order valence-corrected chi connectivity index (χ3v) is 6.72. The van der Waals surface area contributed by atoms with E-state index in [1.165, 1.54) is 23.5 Å². The number of benzene rings is 2. The Morgan fingerprint density at radius 2 is 1.94 bits per heavy atom. The Kier molecular flexibility index (Phi) is 7.33. The second-order valence-electron chi connectivity index (χ2n) is 7.89. The fourth-order valence-corrected chi connectivity index (χ4v) is 4.63. The molecule has 0 bridgehead atoms. The Labute approximate surface area is 191 Å². The number of nitrogens with zero attached hydrogens (tertiary/aromatic N) is 1. The lowest BCUT2D eigenvalue weighted by Crippen LogP contribution is -2.29. The summed E-state index contributed by atoms with van der Waals surface area (Å²) in [6.07, 6.45) is 4.34. The normalized spacial score (nSPS) is 12.4. The predicted octanol–water partition coefficient (Wildman–Crippen LogP) is 4.32. The van der Waals surface area contributed by atoms with Gasteiger partial charge in [0.05, 0.1) is 20.8 Å². The highest BCUT2D eigenvalue weighted by molar-refractivity contribution is 7.87. The molecule has 2 N–H and O–H groups in total. The van der Waals surface area contributed by atoms with Gasteiger partial charge in [-0.1, -0.05) is 13.0 Å². The van der Waals surface area contributed by atoms with Gasteiger partial charge in [0.1, 0.15) is 10.6 Å². The minimum absolute atomic E-state index is 0.0297. The molecular formula is C23H26N2O5S2. The lowest BCUT2D eigenvalue weighted by Gasteiger charge is -2.18. The van der Waals surface area contributed by atoms with Gasteiger partial charge in [-0.25, -0.2) is 4.98 Å². The Bertz CT molecular complexity index is 1220. The molecule has 9 heteroatoms. The van der Waals surface area contributed by atoms with Crippen molar-refractivity contribution in [2.45, 2.75) is 44.1 Å². The summed E-state index contributed by atoms with van der Waals surface area (Å²) < 4.78 is 31.5. The predicted molar refractivity (Wildman–Crippen MR) is 127 cm³/mol. The molecule has 0 saturated heterocycles. The van der Waals surface area contributed by atoms with E-state index >= 15 is 0 Å². The van der Waals surface area contributed by atoms with Crippen molar-refractivity contribution < 1.29 is 22.5 Å². The largest absolute Gasteiger partial charge is 0.389 e. The first-order chi connectivity index (χ1) is 15.1. The van der Waals surface area contributed by atoms with E-state index in [0.717, 1.165) is 15.2 Å². The van der Waals surface area contributed by atoms with Crippen LogP contribution in [0.15, 0.2) is 59.5 Å². The molecule has 0 aliphatic carbocycles. The number of allylic oxidation sites excluding steroid dienone is 2. The second-order valence-corrected chi connectivity index (χ2v) is 10.6. The van der Waals surface area contributed by atoms with Gasteiger partial charge < -0.3 is 14.6 Å². The number of thiazole rings is 1. The van der Waals surface area contributed by atoms with Crippen LogP contribution in [0.1, 0.15) is 32.2 Å². The molecule has 0 fully saturated rings. The number of hydrogen-bond donors (Lipinski definition) is 2. The highest BCUT2D eigenvalue weighted by atomic mass is 32.2. The van der Waals surface area contributed by atoms with E-state index in [1.807, 2.05) is 6.92 Å². The maximum absolute atomic E-state index is 12.7. The van der Waals surface area contributed by atoms with Crippen molar-refractivity contribution in [3.05, 3.63) is 59.6 Å². The Morgan fingerprint density at radius 1 is 1.22 bits per heavy atom. The molecule has 0 aliphatic rings. The van der Waals surface area contributed by atoms with E-state index in [1.54, 1.807) is 56.3 Å². The van der Waals surface area contributed by atoms with Crippen LogP contribution in [-0.2, 0) is 21.3 Å². The number of hydrogen-bond acceptors (Lipinski definition) is 8. The zero-order chi connectivity index (χ0) is 23.4. The highest BCUT2D eigenvalue weighted by Gasteiger charge is 2.18. The molecule has 0 amide bonds. The lowest BCUT2D eigenvalue weighted by molar-refractivity contribution is -0.114. The summed E-state index contributed by atoms with van der Waals surface area (Å²) >= 11 is 1.42. The Morgan fingerprint density at radius 3 is 2.59 bits per heavy atom. The fourth-order valence-electron chi connectivity index (χ4n) is 2.73. The summed E-state index contributed by atoms with van der Waals surface area (Å²) in [5.74, 6) is 0.265. The third-order valence-electron chi connectivity index (χ3n) is 4.42. The highest BCUT2D eigenvalue weighted by Crippen LogP contribution is 2.29. The van der Waals surface area contributed by atoms with Crippen LogP contribution in [0.5, 0.6) is 5.75 Å². The van der Waals surface area contributed by atoms with E-state index in [-0.39, 0.29) is 16.4 Å². The summed E-state index contributed by atoms with van der Waals surface area (Å²) in [5.41, 5.74) is 0.554. The van der Waals surface area contributed by atoms with Gasteiger partial charge in [0.15, 0.2) is 5.78 Å². The molecule has 3 rings (SSSR count). The maximum atomic E-state index is 12.7. The molecule has 0 unspecified atom stereocenters. The smallest absolute Gasteiger partial charge is 0.339 e. The number of anilines is 1. The summed E-state index contributed by atoms with van der Waals surface area (Å²) in [7, 11) is -4.00. The minimum Gasteiger partial charge on any atom is -0.389 e. The SMILES string of the molecule is CCC(=O)/C=C/Cc1nc2ccc(OS(=O)(=O)c3ccc(NCC(C)(C)O)cc3)cc2s1. The van der Waals surface area contributed by atoms with Gasteiger partial charge in [-0.15, -0.1) is 11.3 Å². The van der Waals surface area contributed by atoms with E-state index in [2.05, 4.69) is 10.3 Å². The van der Waals surface area contributed by atoms with Crippen LogP contribution < -0.4 is 9.50 Å². The first kappa shape index (κ1) is 23.9. The molecule has 7 nitrogen and oxygen atoms in total. The van der Waals surface area contributed by atoms with Crippen molar-refractivity contribution in [1.82, 2.24) is 4.98 Å². The maximum Gasteiger partial charge on any atom is 0.339 e. The van der Waals surface area contributed by atoms with E-state index in [9.17, 15) is 18.3 Å². The van der Waals surface area contributed by atoms with Crippen molar-refractivity contribution in [2.24, 2.45) is 0 Å². The van der Waals surface area contributed by atoms with Gasteiger partial charge in [0.25, 0.3) is 0 Å². The minimum atomic E-state index is -4.00. The van der Waals surface area contributed by atoms with Gasteiger partial charge in [0, 0.05) is 31.1 Å². The molecule has 3 aromatic rings. The molecule has 170 valence electrons. The van der Waals surface area contributed by atoms with Gasteiger partial charge in [-0.2, -0.15) is 8.42 Å². The van der Waals surface area contributed by atoms with Crippen LogP contribution in [0.25, 0.3) is 10.2 Å². The van der Waals surface area contributed by atoms with Crippen LogP contribution in [0.3, 0.4) is 0 Å². The molecule has 0 atom stereocenters. The second kappa shape index (κ2) is 9.81. The first-order valence-corrected chi connectivity index (χ1v) is 12.4. The topological polar surface area (TPSA) is 106 Å². The Balaban J connectivity index is 1.70. The molecular weight excluding hydrogens is 448 g/mol. The number of nitrogens with one attached hydrogen (secondary N) is 1. The zero-order valence-corrected chi connectivity index (χ0v) is 19.8. The van der Waals surface area contributed by atoms with Gasteiger partial charge in [-0.05, 0) is 56.3 Å².